The lowest BCUT2D eigenvalue weighted by molar-refractivity contribution is 0.626. The lowest BCUT2D eigenvalue weighted by atomic mass is 9.99. The van der Waals surface area contributed by atoms with Gasteiger partial charge >= 0.3 is 0 Å². The number of fused-ring (bicyclic) bond motifs is 3. The van der Waals surface area contributed by atoms with Gasteiger partial charge in [-0.05, 0) is 41.0 Å². The van der Waals surface area contributed by atoms with E-state index in [1.807, 2.05) is 36.4 Å². The molecule has 0 aliphatic heterocycles. The van der Waals surface area contributed by atoms with Gasteiger partial charge in [0.25, 0.3) is 0 Å². The molecule has 0 amide bonds. The Bertz CT molecular complexity index is 1290. The Balaban J connectivity index is 1.71. The van der Waals surface area contributed by atoms with Crippen molar-refractivity contribution in [2.45, 2.75) is 0 Å². The first-order valence-corrected chi connectivity index (χ1v) is 9.46. The van der Waals surface area contributed by atoms with Gasteiger partial charge in [0.15, 0.2) is 0 Å². The number of para-hydroxylation sites is 1. The molecule has 1 heterocycles. The molecule has 0 bridgehead atoms. The van der Waals surface area contributed by atoms with Crippen LogP contribution in [0, 0.1) is 5.82 Å². The Morgan fingerprint density at radius 2 is 1.52 bits per heavy atom. The highest BCUT2D eigenvalue weighted by molar-refractivity contribution is 9.10. The quantitative estimate of drug-likeness (QED) is 0.285. The van der Waals surface area contributed by atoms with Gasteiger partial charge in [0.05, 0.1) is 0 Å². The molecule has 0 unspecified atom stereocenters. The number of hydrogen-bond acceptors (Lipinski definition) is 1. The first kappa shape index (κ1) is 16.3. The van der Waals surface area contributed by atoms with Crippen LogP contribution in [0.1, 0.15) is 0 Å². The van der Waals surface area contributed by atoms with Crippen LogP contribution in [0.15, 0.2) is 93.8 Å². The Labute approximate surface area is 164 Å². The zero-order chi connectivity index (χ0) is 18.4. The molecule has 3 heteroatoms. The summed E-state index contributed by atoms with van der Waals surface area (Å²) in [5, 5.41) is 1.71. The summed E-state index contributed by atoms with van der Waals surface area (Å²) in [5.74, 6) is -0.260. The van der Waals surface area contributed by atoms with Gasteiger partial charge in [-0.15, -0.1) is 0 Å². The molecule has 0 saturated heterocycles. The summed E-state index contributed by atoms with van der Waals surface area (Å²) < 4.78 is 20.8. The number of halogens is 2. The van der Waals surface area contributed by atoms with Crippen LogP contribution in [-0.4, -0.2) is 0 Å². The van der Waals surface area contributed by atoms with Crippen LogP contribution in [-0.2, 0) is 0 Å². The number of furan rings is 1. The summed E-state index contributed by atoms with van der Waals surface area (Å²) in [6.07, 6.45) is 0. The number of benzene rings is 4. The zero-order valence-corrected chi connectivity index (χ0v) is 15.8. The van der Waals surface area contributed by atoms with Crippen LogP contribution < -0.4 is 0 Å². The van der Waals surface area contributed by atoms with Crippen molar-refractivity contribution in [2.75, 3.05) is 0 Å². The highest BCUT2D eigenvalue weighted by Gasteiger charge is 2.14. The molecule has 1 nitrogen and oxygen atoms in total. The second-order valence-electron chi connectivity index (χ2n) is 6.49. The van der Waals surface area contributed by atoms with Gasteiger partial charge < -0.3 is 4.42 Å². The van der Waals surface area contributed by atoms with Crippen LogP contribution in [0.25, 0.3) is 44.2 Å². The Kier molecular flexibility index (Phi) is 3.83. The van der Waals surface area contributed by atoms with E-state index in [0.29, 0.717) is 5.58 Å². The zero-order valence-electron chi connectivity index (χ0n) is 14.2. The van der Waals surface area contributed by atoms with Crippen molar-refractivity contribution in [1.29, 1.82) is 0 Å². The van der Waals surface area contributed by atoms with Gasteiger partial charge in [0, 0.05) is 20.8 Å². The molecule has 130 valence electrons. The molecule has 0 N–H and O–H groups in total. The molecular formula is C24H14BrFO. The standard InChI is InChI=1S/C24H14BrFO/c25-22-13-16(15-5-2-1-3-6-15)9-11-18(22)19-7-4-8-20-21-14-17(26)10-12-23(21)27-24(19)20/h1-14H. The van der Waals surface area contributed by atoms with Crippen LogP contribution in [0.4, 0.5) is 4.39 Å². The molecule has 0 saturated carbocycles. The second kappa shape index (κ2) is 6.36. The van der Waals surface area contributed by atoms with E-state index in [1.165, 1.54) is 17.7 Å². The Morgan fingerprint density at radius 1 is 0.667 bits per heavy atom. The van der Waals surface area contributed by atoms with Crippen LogP contribution >= 0.6 is 15.9 Å². The second-order valence-corrected chi connectivity index (χ2v) is 7.34. The lowest BCUT2D eigenvalue weighted by Gasteiger charge is -2.09. The van der Waals surface area contributed by atoms with Crippen molar-refractivity contribution in [3.8, 4) is 22.3 Å². The van der Waals surface area contributed by atoms with Crippen molar-refractivity contribution >= 4 is 37.9 Å². The van der Waals surface area contributed by atoms with E-state index in [-0.39, 0.29) is 5.82 Å². The van der Waals surface area contributed by atoms with E-state index in [4.69, 9.17) is 4.42 Å². The third-order valence-electron chi connectivity index (χ3n) is 4.83. The molecule has 0 fully saturated rings. The van der Waals surface area contributed by atoms with Crippen LogP contribution in [0.2, 0.25) is 0 Å². The molecule has 1 aromatic heterocycles. The summed E-state index contributed by atoms with van der Waals surface area (Å²) in [4.78, 5) is 0. The molecule has 0 spiro atoms. The maximum absolute atomic E-state index is 13.7. The minimum absolute atomic E-state index is 0.260. The molecule has 4 aromatic carbocycles. The molecule has 5 aromatic rings. The van der Waals surface area contributed by atoms with Gasteiger partial charge in [-0.3, -0.25) is 0 Å². The third-order valence-corrected chi connectivity index (χ3v) is 5.48. The van der Waals surface area contributed by atoms with E-state index in [9.17, 15) is 4.39 Å². The minimum atomic E-state index is -0.260. The summed E-state index contributed by atoms with van der Waals surface area (Å²) in [5.41, 5.74) is 5.80. The molecule has 0 aliphatic rings. The normalized spacial score (nSPS) is 11.3. The topological polar surface area (TPSA) is 13.1 Å². The smallest absolute Gasteiger partial charge is 0.143 e. The van der Waals surface area contributed by atoms with Gasteiger partial charge in [0.1, 0.15) is 17.0 Å². The van der Waals surface area contributed by atoms with Crippen molar-refractivity contribution in [1.82, 2.24) is 0 Å². The first-order chi connectivity index (χ1) is 13.2. The maximum atomic E-state index is 13.7. The fourth-order valence-electron chi connectivity index (χ4n) is 3.53. The Hall–Kier alpha value is -2.91. The van der Waals surface area contributed by atoms with E-state index in [0.717, 1.165) is 37.5 Å². The first-order valence-electron chi connectivity index (χ1n) is 8.67. The van der Waals surface area contributed by atoms with Gasteiger partial charge in [-0.25, -0.2) is 4.39 Å². The predicted molar refractivity (Wildman–Crippen MR) is 112 cm³/mol. The maximum Gasteiger partial charge on any atom is 0.143 e. The summed E-state index contributed by atoms with van der Waals surface area (Å²) in [6, 6.07) is 27.2. The molecule has 0 radical (unpaired) electrons. The van der Waals surface area contributed by atoms with E-state index < -0.39 is 0 Å². The SMILES string of the molecule is Fc1ccc2oc3c(-c4ccc(-c5ccccc5)cc4Br)cccc3c2c1. The predicted octanol–water partition coefficient (Wildman–Crippen LogP) is 7.82. The fraction of sp³-hybridized carbons (Fsp3) is 0. The summed E-state index contributed by atoms with van der Waals surface area (Å²) in [7, 11) is 0. The van der Waals surface area contributed by atoms with E-state index >= 15 is 0 Å². The van der Waals surface area contributed by atoms with Gasteiger partial charge in [0.2, 0.25) is 0 Å². The average molecular weight is 417 g/mol. The number of hydrogen-bond donors (Lipinski definition) is 0. The summed E-state index contributed by atoms with van der Waals surface area (Å²) >= 11 is 3.72. The Morgan fingerprint density at radius 3 is 2.33 bits per heavy atom. The molecule has 5 rings (SSSR count). The van der Waals surface area contributed by atoms with Gasteiger partial charge in [-0.2, -0.15) is 0 Å². The summed E-state index contributed by atoms with van der Waals surface area (Å²) in [6.45, 7) is 0. The molecular weight excluding hydrogens is 403 g/mol. The number of rotatable bonds is 2. The largest absolute Gasteiger partial charge is 0.455 e. The third kappa shape index (κ3) is 2.75. The molecule has 0 aliphatic carbocycles. The van der Waals surface area contributed by atoms with E-state index in [2.05, 4.69) is 46.3 Å². The van der Waals surface area contributed by atoms with Crippen molar-refractivity contribution in [3.63, 3.8) is 0 Å². The highest BCUT2D eigenvalue weighted by atomic mass is 79.9. The molecule has 0 atom stereocenters. The lowest BCUT2D eigenvalue weighted by Crippen LogP contribution is -1.84. The molecule has 27 heavy (non-hydrogen) atoms. The fourth-order valence-corrected chi connectivity index (χ4v) is 4.12. The van der Waals surface area contributed by atoms with E-state index in [1.54, 1.807) is 6.07 Å². The average Bonchev–Trinajstić information content (AvgIpc) is 3.07. The van der Waals surface area contributed by atoms with Crippen molar-refractivity contribution < 1.29 is 8.81 Å². The van der Waals surface area contributed by atoms with Crippen LogP contribution in [0.3, 0.4) is 0 Å². The van der Waals surface area contributed by atoms with Crippen LogP contribution in [0.5, 0.6) is 0 Å². The monoisotopic (exact) mass is 416 g/mol. The minimum Gasteiger partial charge on any atom is -0.455 e. The highest BCUT2D eigenvalue weighted by Crippen LogP contribution is 2.39. The van der Waals surface area contributed by atoms with Crippen molar-refractivity contribution in [2.24, 2.45) is 0 Å². The van der Waals surface area contributed by atoms with Gasteiger partial charge in [-0.1, -0.05) is 76.6 Å². The van der Waals surface area contributed by atoms with Crippen molar-refractivity contribution in [3.05, 3.63) is 95.2 Å².